The molecule has 0 aliphatic heterocycles. The van der Waals surface area contributed by atoms with E-state index < -0.39 is 5.91 Å². The van der Waals surface area contributed by atoms with E-state index in [4.69, 9.17) is 5.21 Å². The van der Waals surface area contributed by atoms with Gasteiger partial charge in [-0.25, -0.2) is 10.5 Å². The van der Waals surface area contributed by atoms with Crippen LogP contribution in [0.3, 0.4) is 0 Å². The van der Waals surface area contributed by atoms with Crippen molar-refractivity contribution in [3.8, 4) is 0 Å². The fraction of sp³-hybridized carbons (Fsp3) is 0.217. The molecule has 0 bridgehead atoms. The number of nitrogens with one attached hydrogen (secondary N) is 3. The number of anilines is 5. The summed E-state index contributed by atoms with van der Waals surface area (Å²) in [6, 6.07) is 15.6. The number of carbonyl (C=O) groups excluding carboxylic acids is 1. The first-order chi connectivity index (χ1) is 15.9. The number of hydrogen-bond acceptors (Lipinski definition) is 8. The van der Waals surface area contributed by atoms with Crippen LogP contribution in [0.25, 0.3) is 10.9 Å². The highest BCUT2D eigenvalue weighted by Crippen LogP contribution is 2.27. The summed E-state index contributed by atoms with van der Waals surface area (Å²) in [5, 5.41) is 20.6. The first kappa shape index (κ1) is 22.0. The van der Waals surface area contributed by atoms with Gasteiger partial charge in [0.2, 0.25) is 11.9 Å². The van der Waals surface area contributed by atoms with Crippen LogP contribution in [0, 0.1) is 6.92 Å². The number of benzene rings is 2. The van der Waals surface area contributed by atoms with Gasteiger partial charge in [-0.15, -0.1) is 0 Å². The quantitative estimate of drug-likeness (QED) is 0.240. The second-order valence-electron chi connectivity index (χ2n) is 7.62. The predicted molar refractivity (Wildman–Crippen MR) is 128 cm³/mol. The zero-order valence-corrected chi connectivity index (χ0v) is 18.7. The number of hydrogen-bond donors (Lipinski definition) is 4. The highest BCUT2D eigenvalue weighted by atomic mass is 16.5. The van der Waals surface area contributed by atoms with Gasteiger partial charge in [-0.3, -0.25) is 14.7 Å². The number of amides is 1. The van der Waals surface area contributed by atoms with Crippen molar-refractivity contribution in [1.29, 1.82) is 0 Å². The molecule has 0 atom stereocenters. The lowest BCUT2D eigenvalue weighted by Gasteiger charge is -2.19. The molecular weight excluding hydrogens is 420 g/mol. The van der Waals surface area contributed by atoms with Crippen LogP contribution in [-0.2, 0) is 11.8 Å². The van der Waals surface area contributed by atoms with Crippen LogP contribution in [-0.4, -0.2) is 44.5 Å². The lowest BCUT2D eigenvalue weighted by atomic mass is 10.2. The highest BCUT2D eigenvalue weighted by molar-refractivity contribution is 5.85. The predicted octanol–water partition coefficient (Wildman–Crippen LogP) is 3.49. The Kier molecular flexibility index (Phi) is 6.36. The molecule has 2 heterocycles. The summed E-state index contributed by atoms with van der Waals surface area (Å²) in [6.07, 6.45) is 1.89. The van der Waals surface area contributed by atoms with Gasteiger partial charge in [0.05, 0.1) is 5.52 Å². The van der Waals surface area contributed by atoms with Crippen molar-refractivity contribution in [3.05, 3.63) is 60.4 Å². The van der Waals surface area contributed by atoms with E-state index in [1.165, 1.54) is 0 Å². The van der Waals surface area contributed by atoms with E-state index >= 15 is 0 Å². The molecule has 0 fully saturated rings. The van der Waals surface area contributed by atoms with Gasteiger partial charge in [-0.2, -0.15) is 10.1 Å². The molecule has 10 nitrogen and oxygen atoms in total. The first-order valence-electron chi connectivity index (χ1n) is 10.5. The summed E-state index contributed by atoms with van der Waals surface area (Å²) in [5.41, 5.74) is 6.36. The Labute approximate surface area is 191 Å². The molecule has 2 aromatic carbocycles. The highest BCUT2D eigenvalue weighted by Gasteiger charge is 2.11. The first-order valence-corrected chi connectivity index (χ1v) is 10.5. The van der Waals surface area contributed by atoms with Gasteiger partial charge >= 0.3 is 0 Å². The maximum Gasteiger partial charge on any atom is 0.245 e. The minimum absolute atomic E-state index is 0.178. The molecule has 170 valence electrons. The Morgan fingerprint density at radius 3 is 2.64 bits per heavy atom. The number of nitrogens with zero attached hydrogens (tertiary/aromatic N) is 5. The van der Waals surface area contributed by atoms with Crippen molar-refractivity contribution in [2.45, 2.75) is 13.3 Å². The molecule has 0 aliphatic carbocycles. The lowest BCUT2D eigenvalue weighted by molar-refractivity contribution is -0.128. The molecule has 0 saturated heterocycles. The van der Waals surface area contributed by atoms with Gasteiger partial charge < -0.3 is 15.5 Å². The average molecular weight is 447 g/mol. The zero-order valence-electron chi connectivity index (χ0n) is 18.7. The third kappa shape index (κ3) is 5.01. The van der Waals surface area contributed by atoms with Crippen molar-refractivity contribution in [1.82, 2.24) is 25.2 Å². The van der Waals surface area contributed by atoms with Gasteiger partial charge in [0.1, 0.15) is 5.82 Å². The summed E-state index contributed by atoms with van der Waals surface area (Å²) in [7, 11) is 3.90. The van der Waals surface area contributed by atoms with Gasteiger partial charge in [-0.05, 0) is 55.5 Å². The van der Waals surface area contributed by atoms with Gasteiger partial charge in [-0.1, -0.05) is 0 Å². The standard InChI is InChI=1S/C23H26N8O2/c1-15-19-9-8-18(14-20(19)28-31(15)3)30(2)21-10-12-25-23(27-21)26-17-6-4-16(5-7-17)24-13-11-22(32)29-33/h4-10,12,14,24,33H,11,13H2,1-3H3,(H,29,32)(H,25,26,27). The molecule has 0 aliphatic rings. The monoisotopic (exact) mass is 446 g/mol. The molecule has 2 aromatic heterocycles. The minimum Gasteiger partial charge on any atom is -0.385 e. The number of hydroxylamine groups is 1. The maximum atomic E-state index is 11.1. The topological polar surface area (TPSA) is 120 Å². The van der Waals surface area contributed by atoms with Crippen LogP contribution in [0.1, 0.15) is 12.1 Å². The molecular formula is C23H26N8O2. The molecule has 0 saturated carbocycles. The molecule has 10 heteroatoms. The van der Waals surface area contributed by atoms with Crippen LogP contribution in [0.4, 0.5) is 28.8 Å². The Bertz CT molecular complexity index is 1270. The van der Waals surface area contributed by atoms with E-state index in [9.17, 15) is 4.79 Å². The second-order valence-corrected chi connectivity index (χ2v) is 7.62. The molecule has 1 amide bonds. The summed E-state index contributed by atoms with van der Waals surface area (Å²) in [6.45, 7) is 2.47. The van der Waals surface area contributed by atoms with Crippen molar-refractivity contribution in [3.63, 3.8) is 0 Å². The van der Waals surface area contributed by atoms with E-state index in [0.717, 1.165) is 39.5 Å². The largest absolute Gasteiger partial charge is 0.385 e. The Balaban J connectivity index is 1.44. The van der Waals surface area contributed by atoms with Gasteiger partial charge in [0.25, 0.3) is 0 Å². The van der Waals surface area contributed by atoms with Crippen molar-refractivity contribution in [2.24, 2.45) is 7.05 Å². The summed E-state index contributed by atoms with van der Waals surface area (Å²) < 4.78 is 1.88. The van der Waals surface area contributed by atoms with E-state index in [2.05, 4.69) is 44.8 Å². The van der Waals surface area contributed by atoms with Crippen LogP contribution in [0.2, 0.25) is 0 Å². The maximum absolute atomic E-state index is 11.1. The Morgan fingerprint density at radius 2 is 1.88 bits per heavy atom. The minimum atomic E-state index is -0.433. The third-order valence-corrected chi connectivity index (χ3v) is 5.43. The Morgan fingerprint density at radius 1 is 1.12 bits per heavy atom. The molecule has 0 unspecified atom stereocenters. The molecule has 0 spiro atoms. The van der Waals surface area contributed by atoms with Crippen LogP contribution in [0.15, 0.2) is 54.7 Å². The molecule has 4 N–H and O–H groups in total. The number of rotatable bonds is 8. The Hall–Kier alpha value is -4.18. The number of aryl methyl sites for hydroxylation is 2. The number of carbonyl (C=O) groups is 1. The zero-order chi connectivity index (χ0) is 23.4. The van der Waals surface area contributed by atoms with Crippen molar-refractivity contribution >= 4 is 45.6 Å². The molecule has 0 radical (unpaired) electrons. The molecule has 4 aromatic rings. The van der Waals surface area contributed by atoms with Gasteiger partial charge in [0.15, 0.2) is 0 Å². The third-order valence-electron chi connectivity index (χ3n) is 5.43. The van der Waals surface area contributed by atoms with Crippen LogP contribution >= 0.6 is 0 Å². The summed E-state index contributed by atoms with van der Waals surface area (Å²) >= 11 is 0. The summed E-state index contributed by atoms with van der Waals surface area (Å²) in [4.78, 5) is 22.0. The molecule has 4 rings (SSSR count). The van der Waals surface area contributed by atoms with E-state index in [0.29, 0.717) is 12.5 Å². The number of fused-ring (bicyclic) bond motifs is 1. The average Bonchev–Trinajstić information content (AvgIpc) is 3.12. The van der Waals surface area contributed by atoms with E-state index in [-0.39, 0.29) is 6.42 Å². The SMILES string of the molecule is Cc1c2ccc(N(C)c3ccnc(Nc4ccc(NCCC(=O)NO)cc4)n3)cc2nn1C. The second kappa shape index (κ2) is 9.53. The van der Waals surface area contributed by atoms with Crippen molar-refractivity contribution < 1.29 is 10.0 Å². The lowest BCUT2D eigenvalue weighted by Crippen LogP contribution is -2.21. The molecule has 33 heavy (non-hydrogen) atoms. The van der Waals surface area contributed by atoms with E-state index in [1.54, 1.807) is 11.7 Å². The smallest absolute Gasteiger partial charge is 0.245 e. The summed E-state index contributed by atoms with van der Waals surface area (Å²) in [5.74, 6) is 0.798. The van der Waals surface area contributed by atoms with Crippen molar-refractivity contribution in [2.75, 3.05) is 29.1 Å². The fourth-order valence-corrected chi connectivity index (χ4v) is 3.43. The van der Waals surface area contributed by atoms with Crippen LogP contribution < -0.4 is 21.0 Å². The van der Waals surface area contributed by atoms with Crippen LogP contribution in [0.5, 0.6) is 0 Å². The fourth-order valence-electron chi connectivity index (χ4n) is 3.43. The number of aromatic nitrogens is 4. The van der Waals surface area contributed by atoms with E-state index in [1.807, 2.05) is 60.1 Å². The normalized spacial score (nSPS) is 10.8. The van der Waals surface area contributed by atoms with Gasteiger partial charge in [0, 0.05) is 61.4 Å².